The van der Waals surface area contributed by atoms with Gasteiger partial charge >= 0.3 is 12.1 Å². The Kier molecular flexibility index (Phi) is 7.41. The highest BCUT2D eigenvalue weighted by Gasteiger charge is 2.52. The molecule has 0 saturated heterocycles. The van der Waals surface area contributed by atoms with E-state index >= 15 is 0 Å². The molecule has 2 fully saturated rings. The first-order valence-electron chi connectivity index (χ1n) is 12.7. The summed E-state index contributed by atoms with van der Waals surface area (Å²) in [5.74, 6) is -4.04. The highest BCUT2D eigenvalue weighted by atomic mass is 35.5. The van der Waals surface area contributed by atoms with Gasteiger partial charge in [-0.2, -0.15) is 13.2 Å². The fourth-order valence-electron chi connectivity index (χ4n) is 4.69. The number of carbonyl (C=O) groups is 2. The summed E-state index contributed by atoms with van der Waals surface area (Å²) < 4.78 is 47.0. The Morgan fingerprint density at radius 1 is 1.08 bits per heavy atom. The number of alkyl halides is 3. The molecule has 2 aliphatic carbocycles. The van der Waals surface area contributed by atoms with Crippen molar-refractivity contribution in [3.8, 4) is 0 Å². The van der Waals surface area contributed by atoms with Crippen molar-refractivity contribution < 1.29 is 27.5 Å². The van der Waals surface area contributed by atoms with Gasteiger partial charge < -0.3 is 10.1 Å². The van der Waals surface area contributed by atoms with Gasteiger partial charge in [-0.1, -0.05) is 42.8 Å². The van der Waals surface area contributed by atoms with Crippen LogP contribution >= 0.6 is 11.6 Å². The first kappa shape index (κ1) is 27.5. The quantitative estimate of drug-likeness (QED) is 0.351. The van der Waals surface area contributed by atoms with Gasteiger partial charge in [0.1, 0.15) is 5.60 Å². The molecule has 2 saturated carbocycles. The van der Waals surface area contributed by atoms with Crippen molar-refractivity contribution in [3.05, 3.63) is 64.2 Å². The van der Waals surface area contributed by atoms with Crippen molar-refractivity contribution in [2.75, 3.05) is 5.32 Å². The van der Waals surface area contributed by atoms with E-state index in [0.717, 1.165) is 43.7 Å². The van der Waals surface area contributed by atoms with Crippen LogP contribution in [0.25, 0.3) is 0 Å². The maximum Gasteiger partial charge on any atom is 0.392 e. The largest absolute Gasteiger partial charge is 0.460 e. The number of nitrogens with one attached hydrogen (secondary N) is 1. The zero-order chi connectivity index (χ0) is 27.2. The predicted octanol–water partition coefficient (Wildman–Crippen LogP) is 7.80. The Balaban J connectivity index is 1.61. The maximum absolute atomic E-state index is 13.8. The minimum Gasteiger partial charge on any atom is -0.460 e. The highest BCUT2D eigenvalue weighted by molar-refractivity contribution is 6.30. The standard InChI is InChI=1S/C29H33ClF3NO3/c1-17(29(31,32)33)24(20-8-10-21(30)11-9-20)25(35)34-23-15-18(5-12-22(23)19-6-7-19)16-28(13-14-28)26(36)37-27(2,3)4/h5,8-12,15,17,19,24H,6-7,13-14,16H2,1-4H3,(H,34,35)/t17-,24+/m1/s1. The minimum atomic E-state index is -4.56. The molecular weight excluding hydrogens is 503 g/mol. The summed E-state index contributed by atoms with van der Waals surface area (Å²) in [7, 11) is 0. The Morgan fingerprint density at radius 2 is 1.70 bits per heavy atom. The lowest BCUT2D eigenvalue weighted by Gasteiger charge is -2.27. The predicted molar refractivity (Wildman–Crippen MR) is 138 cm³/mol. The summed E-state index contributed by atoms with van der Waals surface area (Å²) in [6.45, 7) is 6.52. The van der Waals surface area contributed by atoms with E-state index in [1.54, 1.807) is 0 Å². The second kappa shape index (κ2) is 9.97. The van der Waals surface area contributed by atoms with E-state index < -0.39 is 34.9 Å². The Morgan fingerprint density at radius 3 is 2.22 bits per heavy atom. The van der Waals surface area contributed by atoms with Crippen LogP contribution in [0.5, 0.6) is 0 Å². The van der Waals surface area contributed by atoms with Crippen LogP contribution in [0.15, 0.2) is 42.5 Å². The average molecular weight is 536 g/mol. The van der Waals surface area contributed by atoms with Crippen molar-refractivity contribution in [1.29, 1.82) is 0 Å². The van der Waals surface area contributed by atoms with E-state index in [1.807, 2.05) is 39.0 Å². The molecule has 0 heterocycles. The molecule has 2 aromatic rings. The Labute approximate surface area is 220 Å². The van der Waals surface area contributed by atoms with Gasteiger partial charge in [-0.3, -0.25) is 9.59 Å². The zero-order valence-electron chi connectivity index (χ0n) is 21.5. The Hall–Kier alpha value is -2.54. The monoisotopic (exact) mass is 535 g/mol. The van der Waals surface area contributed by atoms with Crippen molar-refractivity contribution in [3.63, 3.8) is 0 Å². The summed E-state index contributed by atoms with van der Waals surface area (Å²) in [6.07, 6.45) is -0.747. The first-order valence-corrected chi connectivity index (χ1v) is 13.1. The topological polar surface area (TPSA) is 55.4 Å². The minimum absolute atomic E-state index is 0.237. The number of amides is 1. The molecule has 1 N–H and O–H groups in total. The number of esters is 1. The number of carbonyl (C=O) groups excluding carboxylic acids is 2. The molecule has 2 aliphatic rings. The third kappa shape index (κ3) is 6.67. The van der Waals surface area contributed by atoms with Gasteiger partial charge in [0.05, 0.1) is 17.3 Å². The fraction of sp³-hybridized carbons (Fsp3) is 0.517. The summed E-state index contributed by atoms with van der Waals surface area (Å²) in [6, 6.07) is 11.6. The van der Waals surface area contributed by atoms with Crippen LogP contribution in [-0.2, 0) is 20.7 Å². The Bertz CT molecular complexity index is 1160. The van der Waals surface area contributed by atoms with Crippen LogP contribution in [0.2, 0.25) is 5.02 Å². The van der Waals surface area contributed by atoms with E-state index in [4.69, 9.17) is 16.3 Å². The molecule has 0 spiro atoms. The van der Waals surface area contributed by atoms with E-state index in [1.165, 1.54) is 24.3 Å². The summed E-state index contributed by atoms with van der Waals surface area (Å²) in [4.78, 5) is 26.3. The maximum atomic E-state index is 13.8. The lowest BCUT2D eigenvalue weighted by Crippen LogP contribution is -2.34. The van der Waals surface area contributed by atoms with Crippen molar-refractivity contribution >= 4 is 29.2 Å². The van der Waals surface area contributed by atoms with Crippen LogP contribution in [0.1, 0.15) is 81.9 Å². The van der Waals surface area contributed by atoms with Gasteiger partial charge in [0, 0.05) is 10.7 Å². The van der Waals surface area contributed by atoms with Gasteiger partial charge in [0.2, 0.25) is 5.91 Å². The normalized spacial score (nSPS) is 18.6. The van der Waals surface area contributed by atoms with Crippen molar-refractivity contribution in [2.45, 2.75) is 83.4 Å². The van der Waals surface area contributed by atoms with Gasteiger partial charge in [0.25, 0.3) is 0 Å². The van der Waals surface area contributed by atoms with Crippen LogP contribution in [0.3, 0.4) is 0 Å². The molecule has 8 heteroatoms. The number of halogens is 4. The second-order valence-electron chi connectivity index (χ2n) is 11.5. The fourth-order valence-corrected chi connectivity index (χ4v) is 4.82. The van der Waals surface area contributed by atoms with E-state index in [9.17, 15) is 22.8 Å². The second-order valence-corrected chi connectivity index (χ2v) is 11.9. The van der Waals surface area contributed by atoms with Crippen molar-refractivity contribution in [1.82, 2.24) is 0 Å². The number of ether oxygens (including phenoxy) is 1. The van der Waals surface area contributed by atoms with Crippen LogP contribution < -0.4 is 5.32 Å². The van der Waals surface area contributed by atoms with E-state index in [2.05, 4.69) is 5.32 Å². The molecule has 0 aliphatic heterocycles. The summed E-state index contributed by atoms with van der Waals surface area (Å²) >= 11 is 5.93. The van der Waals surface area contributed by atoms with Crippen LogP contribution in [-0.4, -0.2) is 23.7 Å². The number of rotatable bonds is 8. The number of anilines is 1. The third-order valence-electron chi connectivity index (χ3n) is 7.15. The number of benzene rings is 2. The molecule has 2 atom stereocenters. The number of hydrogen-bond acceptors (Lipinski definition) is 3. The van der Waals surface area contributed by atoms with Gasteiger partial charge in [-0.15, -0.1) is 0 Å². The highest BCUT2D eigenvalue weighted by Crippen LogP contribution is 2.51. The first-order chi connectivity index (χ1) is 17.2. The van der Waals surface area contributed by atoms with Crippen molar-refractivity contribution in [2.24, 2.45) is 11.3 Å². The van der Waals surface area contributed by atoms with E-state index in [0.29, 0.717) is 17.1 Å². The average Bonchev–Trinajstić information content (AvgIpc) is 3.69. The molecule has 0 aromatic heterocycles. The van der Waals surface area contributed by atoms with Crippen LogP contribution in [0, 0.1) is 11.3 Å². The summed E-state index contributed by atoms with van der Waals surface area (Å²) in [5.41, 5.74) is 1.33. The molecule has 37 heavy (non-hydrogen) atoms. The lowest BCUT2D eigenvalue weighted by molar-refractivity contribution is -0.178. The molecule has 4 rings (SSSR count). The molecular formula is C29H33ClF3NO3. The molecule has 4 nitrogen and oxygen atoms in total. The van der Waals surface area contributed by atoms with Gasteiger partial charge in [-0.05, 0) is 93.7 Å². The van der Waals surface area contributed by atoms with Gasteiger partial charge in [0.15, 0.2) is 0 Å². The molecule has 2 aromatic carbocycles. The summed E-state index contributed by atoms with van der Waals surface area (Å²) in [5, 5.41) is 3.20. The van der Waals surface area contributed by atoms with Crippen LogP contribution in [0.4, 0.5) is 18.9 Å². The molecule has 1 amide bonds. The molecule has 0 unspecified atom stereocenters. The molecule has 200 valence electrons. The van der Waals surface area contributed by atoms with E-state index in [-0.39, 0.29) is 17.5 Å². The molecule has 0 radical (unpaired) electrons. The third-order valence-corrected chi connectivity index (χ3v) is 7.40. The zero-order valence-corrected chi connectivity index (χ0v) is 22.3. The smallest absolute Gasteiger partial charge is 0.392 e. The lowest BCUT2D eigenvalue weighted by atomic mass is 9.85. The number of hydrogen-bond donors (Lipinski definition) is 1. The SMILES string of the molecule is C[C@H]([C@H](C(=O)Nc1cc(CC2(C(=O)OC(C)(C)C)CC2)ccc1C1CC1)c1ccc(Cl)cc1)C(F)(F)F. The van der Waals surface area contributed by atoms with Gasteiger partial charge in [-0.25, -0.2) is 0 Å². The molecule has 0 bridgehead atoms.